The van der Waals surface area contributed by atoms with Crippen LogP contribution >= 0.6 is 23.2 Å². The first-order valence-electron chi connectivity index (χ1n) is 3.26. The Balaban J connectivity index is 4.32. The summed E-state index contributed by atoms with van der Waals surface area (Å²) < 4.78 is 0. The molecular weight excluding hydrogens is 199 g/mol. The monoisotopic (exact) mass is 206 g/mol. The van der Waals surface area contributed by atoms with E-state index < -0.39 is 10.5 Å². The SMILES string of the molecule is C=CCC=C(CC(=O)Cl)C(=O)Cl. The molecule has 0 radical (unpaired) electrons. The zero-order valence-electron chi connectivity index (χ0n) is 6.35. The third-order valence-corrected chi connectivity index (χ3v) is 1.49. The molecule has 0 aliphatic heterocycles. The molecule has 0 bridgehead atoms. The summed E-state index contributed by atoms with van der Waals surface area (Å²) in [7, 11) is 0. The van der Waals surface area contributed by atoms with Crippen LogP contribution in [0.3, 0.4) is 0 Å². The molecule has 0 unspecified atom stereocenters. The van der Waals surface area contributed by atoms with Crippen LogP contribution in [0.1, 0.15) is 12.8 Å². The van der Waals surface area contributed by atoms with Crippen LogP contribution < -0.4 is 0 Å². The van der Waals surface area contributed by atoms with Gasteiger partial charge in [-0.1, -0.05) is 12.2 Å². The van der Waals surface area contributed by atoms with E-state index in [1.54, 1.807) is 6.08 Å². The average Bonchev–Trinajstić information content (AvgIpc) is 1.96. The number of halogens is 2. The smallest absolute Gasteiger partial charge is 0.248 e. The number of hydrogen-bond donors (Lipinski definition) is 0. The van der Waals surface area contributed by atoms with Crippen molar-refractivity contribution in [1.82, 2.24) is 0 Å². The van der Waals surface area contributed by atoms with Crippen LogP contribution in [0.25, 0.3) is 0 Å². The van der Waals surface area contributed by atoms with Crippen LogP contribution in [0.2, 0.25) is 0 Å². The maximum atomic E-state index is 10.6. The van der Waals surface area contributed by atoms with Gasteiger partial charge in [-0.05, 0) is 29.6 Å². The fourth-order valence-electron chi connectivity index (χ4n) is 0.597. The fourth-order valence-corrected chi connectivity index (χ4v) is 0.885. The fraction of sp³-hybridized carbons (Fsp3) is 0.250. The summed E-state index contributed by atoms with van der Waals surface area (Å²) in [5.74, 6) is 0. The van der Waals surface area contributed by atoms with Crippen LogP contribution in [0.5, 0.6) is 0 Å². The van der Waals surface area contributed by atoms with Gasteiger partial charge in [-0.25, -0.2) is 0 Å². The second kappa shape index (κ2) is 5.98. The van der Waals surface area contributed by atoms with Crippen LogP contribution in [0.4, 0.5) is 0 Å². The highest BCUT2D eigenvalue weighted by Crippen LogP contribution is 2.09. The molecule has 0 rings (SSSR count). The van der Waals surface area contributed by atoms with Crippen molar-refractivity contribution >= 4 is 33.7 Å². The average molecular weight is 207 g/mol. The molecular formula is C8H8Cl2O2. The van der Waals surface area contributed by atoms with Gasteiger partial charge >= 0.3 is 0 Å². The van der Waals surface area contributed by atoms with Gasteiger partial charge in [-0.3, -0.25) is 9.59 Å². The van der Waals surface area contributed by atoms with Crippen molar-refractivity contribution in [3.05, 3.63) is 24.3 Å². The summed E-state index contributed by atoms with van der Waals surface area (Å²) in [6.07, 6.45) is 3.50. The van der Waals surface area contributed by atoms with Gasteiger partial charge in [0.25, 0.3) is 0 Å². The zero-order valence-corrected chi connectivity index (χ0v) is 7.86. The molecule has 12 heavy (non-hydrogen) atoms. The van der Waals surface area contributed by atoms with Gasteiger partial charge < -0.3 is 0 Å². The minimum atomic E-state index is -0.647. The van der Waals surface area contributed by atoms with Gasteiger partial charge in [0.05, 0.1) is 6.42 Å². The molecule has 0 saturated heterocycles. The Hall–Kier alpha value is -0.600. The summed E-state index contributed by atoms with van der Waals surface area (Å²) in [6, 6.07) is 0. The number of carbonyl (C=O) groups excluding carboxylic acids is 2. The lowest BCUT2D eigenvalue weighted by atomic mass is 10.2. The highest BCUT2D eigenvalue weighted by molar-refractivity contribution is 6.69. The van der Waals surface area contributed by atoms with E-state index in [-0.39, 0.29) is 12.0 Å². The summed E-state index contributed by atoms with van der Waals surface area (Å²) >= 11 is 10.3. The molecule has 0 atom stereocenters. The first kappa shape index (κ1) is 11.4. The third-order valence-electron chi connectivity index (χ3n) is 1.11. The van der Waals surface area contributed by atoms with E-state index in [1.807, 2.05) is 0 Å². The van der Waals surface area contributed by atoms with Crippen LogP contribution in [-0.2, 0) is 9.59 Å². The first-order valence-corrected chi connectivity index (χ1v) is 4.01. The Morgan fingerprint density at radius 1 is 1.33 bits per heavy atom. The Kier molecular flexibility index (Phi) is 5.68. The predicted molar refractivity (Wildman–Crippen MR) is 49.2 cm³/mol. The third kappa shape index (κ3) is 5.10. The van der Waals surface area contributed by atoms with E-state index in [0.717, 1.165) is 0 Å². The lowest BCUT2D eigenvalue weighted by molar-refractivity contribution is -0.113. The van der Waals surface area contributed by atoms with Crippen LogP contribution in [0, 0.1) is 0 Å². The summed E-state index contributed by atoms with van der Waals surface area (Å²) in [5, 5.41) is -1.25. The van der Waals surface area contributed by atoms with Crippen molar-refractivity contribution in [3.8, 4) is 0 Å². The molecule has 0 spiro atoms. The van der Waals surface area contributed by atoms with Gasteiger partial charge in [0.15, 0.2) is 0 Å². The predicted octanol–water partition coefficient (Wildman–Crippen LogP) is 2.41. The molecule has 0 fully saturated rings. The maximum Gasteiger partial charge on any atom is 0.248 e. The number of rotatable bonds is 5. The molecule has 0 N–H and O–H groups in total. The van der Waals surface area contributed by atoms with Crippen molar-refractivity contribution in [1.29, 1.82) is 0 Å². The highest BCUT2D eigenvalue weighted by atomic mass is 35.5. The summed E-state index contributed by atoms with van der Waals surface area (Å²) in [4.78, 5) is 21.0. The molecule has 0 aromatic carbocycles. The molecule has 66 valence electrons. The second-order valence-electron chi connectivity index (χ2n) is 2.06. The molecule has 0 aliphatic carbocycles. The summed E-state index contributed by atoms with van der Waals surface area (Å²) in [5.41, 5.74) is 0.219. The molecule has 0 amide bonds. The molecule has 0 heterocycles. The van der Waals surface area contributed by atoms with Gasteiger partial charge in [-0.15, -0.1) is 6.58 Å². The second-order valence-corrected chi connectivity index (χ2v) is 2.82. The highest BCUT2D eigenvalue weighted by Gasteiger charge is 2.08. The molecule has 4 heteroatoms. The molecule has 0 aromatic heterocycles. The first-order chi connectivity index (χ1) is 5.57. The van der Waals surface area contributed by atoms with Gasteiger partial charge in [0, 0.05) is 5.57 Å². The van der Waals surface area contributed by atoms with Gasteiger partial charge in [0.2, 0.25) is 10.5 Å². The van der Waals surface area contributed by atoms with E-state index in [2.05, 4.69) is 6.58 Å². The van der Waals surface area contributed by atoms with E-state index in [0.29, 0.717) is 6.42 Å². The van der Waals surface area contributed by atoms with Crippen LogP contribution in [-0.4, -0.2) is 10.5 Å². The molecule has 0 saturated carbocycles. The molecule has 0 aliphatic rings. The quantitative estimate of drug-likeness (QED) is 0.394. The number of allylic oxidation sites excluding steroid dienone is 3. The number of carbonyl (C=O) groups is 2. The number of hydrogen-bond acceptors (Lipinski definition) is 2. The van der Waals surface area contributed by atoms with Crippen LogP contribution in [0.15, 0.2) is 24.3 Å². The largest absolute Gasteiger partial charge is 0.281 e. The summed E-state index contributed by atoms with van der Waals surface area (Å²) in [6.45, 7) is 3.45. The minimum absolute atomic E-state index is 0.127. The van der Waals surface area contributed by atoms with E-state index in [4.69, 9.17) is 23.2 Å². The van der Waals surface area contributed by atoms with E-state index >= 15 is 0 Å². The molecule has 0 aromatic rings. The van der Waals surface area contributed by atoms with Gasteiger partial charge in [0.1, 0.15) is 0 Å². The Bertz CT molecular complexity index is 231. The standard InChI is InChI=1S/C8H8Cl2O2/c1-2-3-4-6(8(10)12)5-7(9)11/h2,4H,1,3,5H2. The topological polar surface area (TPSA) is 34.1 Å². The van der Waals surface area contributed by atoms with Gasteiger partial charge in [-0.2, -0.15) is 0 Å². The van der Waals surface area contributed by atoms with Crippen molar-refractivity contribution in [2.75, 3.05) is 0 Å². The normalized spacial score (nSPS) is 11.0. The Morgan fingerprint density at radius 2 is 1.92 bits per heavy atom. The van der Waals surface area contributed by atoms with E-state index in [9.17, 15) is 9.59 Å². The van der Waals surface area contributed by atoms with Crippen molar-refractivity contribution in [3.63, 3.8) is 0 Å². The van der Waals surface area contributed by atoms with Crippen molar-refractivity contribution in [2.24, 2.45) is 0 Å². The molecule has 2 nitrogen and oxygen atoms in total. The van der Waals surface area contributed by atoms with E-state index in [1.165, 1.54) is 6.08 Å². The minimum Gasteiger partial charge on any atom is -0.281 e. The lowest BCUT2D eigenvalue weighted by Gasteiger charge is -1.95. The maximum absolute atomic E-state index is 10.6. The lowest BCUT2D eigenvalue weighted by Crippen LogP contribution is -1.98. The van der Waals surface area contributed by atoms with Crippen molar-refractivity contribution in [2.45, 2.75) is 12.8 Å². The Morgan fingerprint density at radius 3 is 2.25 bits per heavy atom. The zero-order chi connectivity index (χ0) is 9.56. The van der Waals surface area contributed by atoms with Crippen molar-refractivity contribution < 1.29 is 9.59 Å². The Labute approximate surface area is 80.8 Å².